The smallest absolute Gasteiger partial charge is 0.265 e. The molecule has 3 aromatic rings. The lowest BCUT2D eigenvalue weighted by molar-refractivity contribution is -0.121. The maximum Gasteiger partial charge on any atom is 0.265 e. The van der Waals surface area contributed by atoms with Crippen molar-refractivity contribution in [2.75, 3.05) is 16.8 Å². The summed E-state index contributed by atoms with van der Waals surface area (Å²) in [7, 11) is 0. The highest BCUT2D eigenvalue weighted by Gasteiger charge is 2.28. The van der Waals surface area contributed by atoms with Crippen LogP contribution >= 0.6 is 0 Å². The van der Waals surface area contributed by atoms with Crippen LogP contribution in [-0.4, -0.2) is 18.4 Å². The number of benzene rings is 3. The molecular weight excluding hydrogens is 424 g/mol. The van der Waals surface area contributed by atoms with Gasteiger partial charge in [0, 0.05) is 11.3 Å². The van der Waals surface area contributed by atoms with Crippen LogP contribution in [0.3, 0.4) is 0 Å². The van der Waals surface area contributed by atoms with E-state index >= 15 is 0 Å². The van der Waals surface area contributed by atoms with E-state index in [-0.39, 0.29) is 23.8 Å². The van der Waals surface area contributed by atoms with E-state index in [1.165, 1.54) is 11.1 Å². The fourth-order valence-corrected chi connectivity index (χ4v) is 3.97. The normalized spacial score (nSPS) is 13.3. The highest BCUT2D eigenvalue weighted by Crippen LogP contribution is 2.38. The molecule has 3 aromatic carbocycles. The molecule has 1 aliphatic rings. The van der Waals surface area contributed by atoms with Crippen LogP contribution in [-0.2, 0) is 16.8 Å². The average Bonchev–Trinajstić information content (AvgIpc) is 2.83. The van der Waals surface area contributed by atoms with Crippen molar-refractivity contribution in [1.29, 1.82) is 0 Å². The lowest BCUT2D eigenvalue weighted by atomic mass is 9.82. The van der Waals surface area contributed by atoms with E-state index in [1.807, 2.05) is 50.2 Å². The Kier molecular flexibility index (Phi) is 6.47. The predicted molar refractivity (Wildman–Crippen MR) is 137 cm³/mol. The van der Waals surface area contributed by atoms with Gasteiger partial charge in [-0.1, -0.05) is 45.0 Å². The summed E-state index contributed by atoms with van der Waals surface area (Å²) in [6, 6.07) is 19.4. The van der Waals surface area contributed by atoms with Gasteiger partial charge in [-0.05, 0) is 84.3 Å². The fraction of sp³-hybridized carbons (Fsp3) is 0.310. The van der Waals surface area contributed by atoms with E-state index in [4.69, 9.17) is 4.74 Å². The molecule has 5 nitrogen and oxygen atoms in total. The molecule has 2 amide bonds. The summed E-state index contributed by atoms with van der Waals surface area (Å²) in [4.78, 5) is 27.2. The molecule has 0 radical (unpaired) electrons. The van der Waals surface area contributed by atoms with Crippen molar-refractivity contribution in [1.82, 2.24) is 0 Å². The van der Waals surface area contributed by atoms with Gasteiger partial charge >= 0.3 is 0 Å². The second-order valence-corrected chi connectivity index (χ2v) is 9.64. The number of carbonyl (C=O) groups is 2. The maximum absolute atomic E-state index is 12.8. The SMILES string of the molecule is CCC(C)(C)c1ccc2c(c1)N(Cc1ccc(C(=O)Nc3ccc(C)c(C)c3)cc1)C(=O)CO2. The van der Waals surface area contributed by atoms with E-state index < -0.39 is 0 Å². The Morgan fingerprint density at radius 2 is 1.74 bits per heavy atom. The first-order chi connectivity index (χ1) is 16.2. The Morgan fingerprint density at radius 3 is 2.41 bits per heavy atom. The van der Waals surface area contributed by atoms with Crippen molar-refractivity contribution in [2.45, 2.75) is 53.0 Å². The highest BCUT2D eigenvalue weighted by molar-refractivity contribution is 6.04. The Hall–Kier alpha value is -3.60. The number of amides is 2. The number of ether oxygens (including phenoxy) is 1. The number of rotatable bonds is 6. The van der Waals surface area contributed by atoms with Crippen LogP contribution in [0.25, 0.3) is 0 Å². The van der Waals surface area contributed by atoms with Crippen LogP contribution in [0.15, 0.2) is 60.7 Å². The molecule has 5 heteroatoms. The third-order valence-corrected chi connectivity index (χ3v) is 6.89. The number of hydrogen-bond acceptors (Lipinski definition) is 3. The van der Waals surface area contributed by atoms with Crippen LogP contribution in [0.5, 0.6) is 5.75 Å². The average molecular weight is 457 g/mol. The summed E-state index contributed by atoms with van der Waals surface area (Å²) < 4.78 is 5.68. The number of fused-ring (bicyclic) bond motifs is 1. The number of carbonyl (C=O) groups excluding carboxylic acids is 2. The zero-order valence-electron chi connectivity index (χ0n) is 20.6. The minimum absolute atomic E-state index is 0.00615. The molecule has 0 bridgehead atoms. The van der Waals surface area contributed by atoms with Gasteiger partial charge in [-0.2, -0.15) is 0 Å². The Labute approximate surface area is 201 Å². The van der Waals surface area contributed by atoms with Gasteiger partial charge in [0.15, 0.2) is 6.61 Å². The molecule has 0 fully saturated rings. The lowest BCUT2D eigenvalue weighted by Gasteiger charge is -2.32. The fourth-order valence-electron chi connectivity index (χ4n) is 3.97. The highest BCUT2D eigenvalue weighted by atomic mass is 16.5. The van der Waals surface area contributed by atoms with Crippen LogP contribution < -0.4 is 15.0 Å². The molecule has 0 saturated heterocycles. The standard InChI is InChI=1S/C29H32N2O3/c1-6-29(4,5)23-12-14-26-25(16-23)31(27(32)18-34-26)17-21-8-10-22(11-9-21)28(33)30-24-13-7-19(2)20(3)15-24/h7-16H,6,17-18H2,1-5H3,(H,30,33). The summed E-state index contributed by atoms with van der Waals surface area (Å²) in [5.74, 6) is 0.490. The first kappa shape index (κ1) is 23.6. The van der Waals surface area contributed by atoms with Gasteiger partial charge in [-0.15, -0.1) is 0 Å². The van der Waals surface area contributed by atoms with E-state index in [0.717, 1.165) is 34.7 Å². The van der Waals surface area contributed by atoms with Crippen molar-refractivity contribution < 1.29 is 14.3 Å². The van der Waals surface area contributed by atoms with Crippen molar-refractivity contribution in [3.8, 4) is 5.75 Å². The molecule has 0 aromatic heterocycles. The van der Waals surface area contributed by atoms with E-state index in [9.17, 15) is 9.59 Å². The quantitative estimate of drug-likeness (QED) is 0.483. The summed E-state index contributed by atoms with van der Waals surface area (Å²) in [5.41, 5.74) is 6.60. The summed E-state index contributed by atoms with van der Waals surface area (Å²) >= 11 is 0. The Morgan fingerprint density at radius 1 is 1.00 bits per heavy atom. The van der Waals surface area contributed by atoms with Crippen molar-refractivity contribution in [3.05, 3.63) is 88.5 Å². The third kappa shape index (κ3) is 4.84. The lowest BCUT2D eigenvalue weighted by Crippen LogP contribution is -2.38. The van der Waals surface area contributed by atoms with Gasteiger partial charge in [-0.3, -0.25) is 9.59 Å². The van der Waals surface area contributed by atoms with E-state index in [0.29, 0.717) is 12.1 Å². The summed E-state index contributed by atoms with van der Waals surface area (Å²) in [6.45, 7) is 11.1. The van der Waals surface area contributed by atoms with Gasteiger partial charge in [-0.25, -0.2) is 0 Å². The first-order valence-corrected chi connectivity index (χ1v) is 11.7. The summed E-state index contributed by atoms with van der Waals surface area (Å²) in [5, 5.41) is 2.95. The summed E-state index contributed by atoms with van der Waals surface area (Å²) in [6.07, 6.45) is 0.992. The molecule has 1 aliphatic heterocycles. The van der Waals surface area contributed by atoms with Crippen LogP contribution in [0, 0.1) is 13.8 Å². The van der Waals surface area contributed by atoms with Crippen LogP contribution in [0.1, 0.15) is 59.8 Å². The van der Waals surface area contributed by atoms with Crippen molar-refractivity contribution in [3.63, 3.8) is 0 Å². The number of anilines is 2. The molecular formula is C29H32N2O3. The monoisotopic (exact) mass is 456 g/mol. The van der Waals surface area contributed by atoms with Gasteiger partial charge in [0.05, 0.1) is 12.2 Å². The molecule has 1 heterocycles. The second kappa shape index (κ2) is 9.34. The molecule has 0 atom stereocenters. The zero-order valence-corrected chi connectivity index (χ0v) is 20.6. The molecule has 0 aliphatic carbocycles. The largest absolute Gasteiger partial charge is 0.482 e. The minimum Gasteiger partial charge on any atom is -0.482 e. The zero-order chi connectivity index (χ0) is 24.5. The molecule has 176 valence electrons. The molecule has 34 heavy (non-hydrogen) atoms. The van der Waals surface area contributed by atoms with Gasteiger partial charge in [0.25, 0.3) is 11.8 Å². The Balaban J connectivity index is 1.52. The minimum atomic E-state index is -0.158. The molecule has 0 saturated carbocycles. The molecule has 4 rings (SSSR count). The molecule has 1 N–H and O–H groups in total. The second-order valence-electron chi connectivity index (χ2n) is 9.64. The maximum atomic E-state index is 12.8. The van der Waals surface area contributed by atoms with Crippen molar-refractivity contribution >= 4 is 23.2 Å². The van der Waals surface area contributed by atoms with Gasteiger partial charge in [0.1, 0.15) is 5.75 Å². The third-order valence-electron chi connectivity index (χ3n) is 6.89. The number of hydrogen-bond donors (Lipinski definition) is 1. The van der Waals surface area contributed by atoms with E-state index in [1.54, 1.807) is 17.0 Å². The number of nitrogens with zero attached hydrogens (tertiary/aromatic N) is 1. The van der Waals surface area contributed by atoms with Crippen molar-refractivity contribution in [2.24, 2.45) is 0 Å². The van der Waals surface area contributed by atoms with E-state index in [2.05, 4.69) is 38.2 Å². The van der Waals surface area contributed by atoms with Crippen LogP contribution in [0.4, 0.5) is 11.4 Å². The first-order valence-electron chi connectivity index (χ1n) is 11.7. The topological polar surface area (TPSA) is 58.6 Å². The Bertz CT molecular complexity index is 1230. The molecule has 0 unspecified atom stereocenters. The predicted octanol–water partition coefficient (Wildman–Crippen LogP) is 6.17. The van der Waals surface area contributed by atoms with Gasteiger partial charge in [0.2, 0.25) is 0 Å². The van der Waals surface area contributed by atoms with Crippen LogP contribution in [0.2, 0.25) is 0 Å². The number of nitrogens with one attached hydrogen (secondary N) is 1. The molecule has 0 spiro atoms. The number of aryl methyl sites for hydroxylation is 2. The van der Waals surface area contributed by atoms with Gasteiger partial charge < -0.3 is 15.0 Å².